The van der Waals surface area contributed by atoms with Crippen LogP contribution in [0.2, 0.25) is 0 Å². The van der Waals surface area contributed by atoms with Crippen molar-refractivity contribution in [3.63, 3.8) is 0 Å². The molecule has 4 nitrogen and oxygen atoms in total. The first-order valence-electron chi connectivity index (χ1n) is 5.77. The van der Waals surface area contributed by atoms with Crippen LogP contribution >= 0.6 is 0 Å². The fourth-order valence-electron chi connectivity index (χ4n) is 1.81. The molecular weight excluding hydrogens is 250 g/mol. The van der Waals surface area contributed by atoms with Crippen LogP contribution in [-0.4, -0.2) is 39.4 Å². The summed E-state index contributed by atoms with van der Waals surface area (Å²) in [6.45, 7) is 0.354. The van der Waals surface area contributed by atoms with E-state index in [0.29, 0.717) is 13.0 Å². The SMILES string of the molecule is C#CCN(C)C(CC1C=CC=CC1)OS(C)(=O)=O. The van der Waals surface area contributed by atoms with Gasteiger partial charge < -0.3 is 0 Å². The smallest absolute Gasteiger partial charge is 0.265 e. The average molecular weight is 269 g/mol. The Morgan fingerprint density at radius 3 is 2.78 bits per heavy atom. The third kappa shape index (κ3) is 5.50. The highest BCUT2D eigenvalue weighted by Crippen LogP contribution is 2.21. The van der Waals surface area contributed by atoms with Crippen LogP contribution in [0.4, 0.5) is 0 Å². The lowest BCUT2D eigenvalue weighted by Gasteiger charge is -2.28. The molecule has 0 aromatic rings. The molecule has 1 rings (SSSR count). The first kappa shape index (κ1) is 15.0. The van der Waals surface area contributed by atoms with Crippen molar-refractivity contribution in [3.05, 3.63) is 24.3 Å². The predicted octanol–water partition coefficient (Wildman–Crippen LogP) is 1.38. The molecule has 0 aliphatic heterocycles. The molecule has 0 aromatic carbocycles. The third-order valence-corrected chi connectivity index (χ3v) is 3.26. The first-order valence-corrected chi connectivity index (χ1v) is 7.59. The molecule has 0 radical (unpaired) electrons. The van der Waals surface area contributed by atoms with Crippen LogP contribution in [-0.2, 0) is 14.3 Å². The van der Waals surface area contributed by atoms with Crippen molar-refractivity contribution in [1.29, 1.82) is 0 Å². The van der Waals surface area contributed by atoms with Crippen molar-refractivity contribution in [2.24, 2.45) is 5.92 Å². The molecule has 0 fully saturated rings. The molecule has 1 aliphatic rings. The van der Waals surface area contributed by atoms with E-state index < -0.39 is 16.3 Å². The molecule has 0 aromatic heterocycles. The Morgan fingerprint density at radius 2 is 2.28 bits per heavy atom. The van der Waals surface area contributed by atoms with Gasteiger partial charge >= 0.3 is 0 Å². The number of hydrogen-bond acceptors (Lipinski definition) is 4. The lowest BCUT2D eigenvalue weighted by molar-refractivity contribution is 0.0453. The van der Waals surface area contributed by atoms with E-state index in [1.165, 1.54) is 0 Å². The summed E-state index contributed by atoms with van der Waals surface area (Å²) in [6.07, 6.45) is 15.3. The summed E-state index contributed by atoms with van der Waals surface area (Å²) in [5.74, 6) is 2.77. The molecule has 0 saturated heterocycles. The van der Waals surface area contributed by atoms with E-state index in [1.54, 1.807) is 11.9 Å². The minimum atomic E-state index is -3.49. The van der Waals surface area contributed by atoms with E-state index in [9.17, 15) is 8.42 Å². The van der Waals surface area contributed by atoms with Crippen molar-refractivity contribution in [3.8, 4) is 12.3 Å². The average Bonchev–Trinajstić information content (AvgIpc) is 2.28. The molecule has 100 valence electrons. The van der Waals surface area contributed by atoms with Gasteiger partial charge in [0.25, 0.3) is 10.1 Å². The Hall–Kier alpha value is -1.09. The number of terminal acetylenes is 1. The van der Waals surface area contributed by atoms with Gasteiger partial charge in [0, 0.05) is 0 Å². The monoisotopic (exact) mass is 269 g/mol. The zero-order valence-corrected chi connectivity index (χ0v) is 11.6. The number of nitrogens with zero attached hydrogens (tertiary/aromatic N) is 1. The molecule has 5 heteroatoms. The van der Waals surface area contributed by atoms with E-state index in [2.05, 4.69) is 18.1 Å². The zero-order valence-electron chi connectivity index (χ0n) is 10.7. The summed E-state index contributed by atoms with van der Waals surface area (Å²) in [5.41, 5.74) is 0. The van der Waals surface area contributed by atoms with Gasteiger partial charge in [0.1, 0.15) is 6.23 Å². The maximum atomic E-state index is 11.3. The summed E-state index contributed by atoms with van der Waals surface area (Å²) in [7, 11) is -1.73. The summed E-state index contributed by atoms with van der Waals surface area (Å²) in [6, 6.07) is 0. The second kappa shape index (κ2) is 6.74. The van der Waals surface area contributed by atoms with Gasteiger partial charge in [-0.15, -0.1) is 6.42 Å². The molecule has 0 amide bonds. The summed E-state index contributed by atoms with van der Waals surface area (Å²) >= 11 is 0. The molecular formula is C13H19NO3S. The fourth-order valence-corrected chi connectivity index (χ4v) is 2.43. The Labute approximate surface area is 109 Å². The van der Waals surface area contributed by atoms with Crippen molar-refractivity contribution < 1.29 is 12.6 Å². The van der Waals surface area contributed by atoms with Crippen molar-refractivity contribution in [2.75, 3.05) is 19.8 Å². The highest BCUT2D eigenvalue weighted by Gasteiger charge is 2.23. The minimum Gasteiger partial charge on any atom is -0.269 e. The number of hydrogen-bond donors (Lipinski definition) is 0. The molecule has 0 bridgehead atoms. The van der Waals surface area contributed by atoms with Gasteiger partial charge in [-0.05, 0) is 25.8 Å². The van der Waals surface area contributed by atoms with E-state index >= 15 is 0 Å². The lowest BCUT2D eigenvalue weighted by atomic mass is 9.96. The van der Waals surface area contributed by atoms with E-state index in [-0.39, 0.29) is 5.92 Å². The highest BCUT2D eigenvalue weighted by atomic mass is 32.2. The third-order valence-electron chi connectivity index (χ3n) is 2.69. The summed E-state index contributed by atoms with van der Waals surface area (Å²) in [5, 5.41) is 0. The van der Waals surface area contributed by atoms with E-state index in [1.807, 2.05) is 12.2 Å². The summed E-state index contributed by atoms with van der Waals surface area (Å²) < 4.78 is 27.6. The number of rotatable bonds is 6. The largest absolute Gasteiger partial charge is 0.269 e. The molecule has 1 aliphatic carbocycles. The normalized spacial score (nSPS) is 20.9. The van der Waals surface area contributed by atoms with Gasteiger partial charge in [-0.1, -0.05) is 30.2 Å². The van der Waals surface area contributed by atoms with Gasteiger partial charge in [-0.2, -0.15) is 8.42 Å². The van der Waals surface area contributed by atoms with Crippen molar-refractivity contribution in [2.45, 2.75) is 19.1 Å². The molecule has 2 unspecified atom stereocenters. The fraction of sp³-hybridized carbons (Fsp3) is 0.538. The molecule has 2 atom stereocenters. The van der Waals surface area contributed by atoms with Crippen LogP contribution in [0.3, 0.4) is 0 Å². The molecule has 0 spiro atoms. The topological polar surface area (TPSA) is 46.6 Å². The maximum absolute atomic E-state index is 11.3. The van der Waals surface area contributed by atoms with Crippen LogP contribution in [0.5, 0.6) is 0 Å². The zero-order chi connectivity index (χ0) is 13.6. The van der Waals surface area contributed by atoms with Gasteiger partial charge in [-0.25, -0.2) is 0 Å². The van der Waals surface area contributed by atoms with Crippen LogP contribution in [0.25, 0.3) is 0 Å². The van der Waals surface area contributed by atoms with Crippen LogP contribution in [0.1, 0.15) is 12.8 Å². The molecule has 0 heterocycles. The second-order valence-corrected chi connectivity index (χ2v) is 6.02. The van der Waals surface area contributed by atoms with Crippen LogP contribution < -0.4 is 0 Å². The number of allylic oxidation sites excluding steroid dienone is 4. The predicted molar refractivity (Wildman–Crippen MR) is 72.2 cm³/mol. The van der Waals surface area contributed by atoms with E-state index in [0.717, 1.165) is 12.7 Å². The lowest BCUT2D eigenvalue weighted by Crippen LogP contribution is -2.37. The standard InChI is InChI=1S/C13H19NO3S/c1-4-10-14(2)13(17-18(3,15)16)11-12-8-6-5-7-9-12/h1,5-8,12-13H,9-11H2,2-3H3. The molecule has 18 heavy (non-hydrogen) atoms. The van der Waals surface area contributed by atoms with Gasteiger partial charge in [0.2, 0.25) is 0 Å². The van der Waals surface area contributed by atoms with E-state index in [4.69, 9.17) is 10.6 Å². The van der Waals surface area contributed by atoms with Crippen LogP contribution in [0, 0.1) is 18.3 Å². The Morgan fingerprint density at radius 1 is 1.56 bits per heavy atom. The minimum absolute atomic E-state index is 0.280. The first-order chi connectivity index (χ1) is 8.42. The van der Waals surface area contributed by atoms with Gasteiger partial charge in [0.05, 0.1) is 12.8 Å². The second-order valence-electron chi connectivity index (χ2n) is 4.42. The van der Waals surface area contributed by atoms with Crippen LogP contribution in [0.15, 0.2) is 24.3 Å². The van der Waals surface area contributed by atoms with Crippen molar-refractivity contribution in [1.82, 2.24) is 4.90 Å². The Bertz CT molecular complexity index is 459. The Kier molecular flexibility index (Phi) is 5.60. The van der Waals surface area contributed by atoms with Gasteiger partial charge in [0.15, 0.2) is 0 Å². The summed E-state index contributed by atoms with van der Waals surface area (Å²) in [4.78, 5) is 1.73. The Balaban J connectivity index is 2.68. The van der Waals surface area contributed by atoms with Crippen molar-refractivity contribution >= 4 is 10.1 Å². The highest BCUT2D eigenvalue weighted by molar-refractivity contribution is 7.86. The molecule has 0 saturated carbocycles. The quantitative estimate of drug-likeness (QED) is 0.415. The molecule has 0 N–H and O–H groups in total. The van der Waals surface area contributed by atoms with Gasteiger partial charge in [-0.3, -0.25) is 9.08 Å². The maximum Gasteiger partial charge on any atom is 0.265 e.